The molecule has 0 amide bonds. The van der Waals surface area contributed by atoms with E-state index in [0.29, 0.717) is 12.8 Å². The SMILES string of the molecule is O=C1CCCC=C1OS(=O)(=O)C(F)(F)F. The normalized spacial score (nSPS) is 18.6. The smallest absolute Gasteiger partial charge is 0.373 e. The predicted molar refractivity (Wildman–Crippen MR) is 43.0 cm³/mol. The second kappa shape index (κ2) is 3.84. The number of carbonyl (C=O) groups is 1. The Labute approximate surface area is 83.8 Å². The second-order valence-corrected chi connectivity index (χ2v) is 4.40. The van der Waals surface area contributed by atoms with Crippen LogP contribution in [0.3, 0.4) is 0 Å². The second-order valence-electron chi connectivity index (χ2n) is 2.87. The quantitative estimate of drug-likeness (QED) is 0.545. The number of hydrogen-bond donors (Lipinski definition) is 0. The molecule has 0 heterocycles. The molecule has 0 N–H and O–H groups in total. The van der Waals surface area contributed by atoms with Crippen molar-refractivity contribution in [2.45, 2.75) is 24.8 Å². The summed E-state index contributed by atoms with van der Waals surface area (Å²) in [5, 5.41) is 0. The van der Waals surface area contributed by atoms with Gasteiger partial charge in [0.2, 0.25) is 0 Å². The molecule has 0 atom stereocenters. The molecule has 0 radical (unpaired) electrons. The molecular weight excluding hydrogens is 237 g/mol. The summed E-state index contributed by atoms with van der Waals surface area (Å²) in [4.78, 5) is 11.0. The van der Waals surface area contributed by atoms with Gasteiger partial charge in [0.25, 0.3) is 0 Å². The number of alkyl halides is 3. The maximum absolute atomic E-state index is 11.9. The molecule has 1 rings (SSSR count). The molecule has 15 heavy (non-hydrogen) atoms. The van der Waals surface area contributed by atoms with Crippen LogP contribution in [-0.2, 0) is 19.1 Å². The van der Waals surface area contributed by atoms with Crippen LogP contribution < -0.4 is 0 Å². The van der Waals surface area contributed by atoms with Crippen molar-refractivity contribution in [2.75, 3.05) is 0 Å². The molecular formula is C7H7F3O4S. The molecule has 0 bridgehead atoms. The topological polar surface area (TPSA) is 60.4 Å². The Balaban J connectivity index is 2.87. The number of carbonyl (C=O) groups excluding carboxylic acids is 1. The standard InChI is InChI=1S/C7H7F3O4S/c8-7(9,10)15(12,13)14-6-4-2-1-3-5(6)11/h4H,1-3H2. The van der Waals surface area contributed by atoms with E-state index in [9.17, 15) is 26.4 Å². The third-order valence-electron chi connectivity index (χ3n) is 1.70. The molecule has 0 aromatic rings. The van der Waals surface area contributed by atoms with Crippen LogP contribution in [0.15, 0.2) is 11.8 Å². The Morgan fingerprint density at radius 3 is 2.40 bits per heavy atom. The van der Waals surface area contributed by atoms with Gasteiger partial charge in [-0.25, -0.2) is 0 Å². The predicted octanol–water partition coefficient (Wildman–Crippen LogP) is 1.49. The van der Waals surface area contributed by atoms with Gasteiger partial charge in [-0.3, -0.25) is 4.79 Å². The zero-order valence-corrected chi connectivity index (χ0v) is 8.19. The van der Waals surface area contributed by atoms with Crippen molar-refractivity contribution in [3.63, 3.8) is 0 Å². The van der Waals surface area contributed by atoms with Crippen molar-refractivity contribution in [1.29, 1.82) is 0 Å². The van der Waals surface area contributed by atoms with E-state index in [0.717, 1.165) is 6.08 Å². The third-order valence-corrected chi connectivity index (χ3v) is 2.66. The van der Waals surface area contributed by atoms with Gasteiger partial charge < -0.3 is 4.18 Å². The van der Waals surface area contributed by atoms with E-state index in [2.05, 4.69) is 4.18 Å². The monoisotopic (exact) mass is 244 g/mol. The Morgan fingerprint density at radius 1 is 1.33 bits per heavy atom. The minimum atomic E-state index is -5.72. The zero-order chi connectivity index (χ0) is 11.7. The Hall–Kier alpha value is -1.05. The first-order valence-electron chi connectivity index (χ1n) is 3.98. The van der Waals surface area contributed by atoms with Crippen LogP contribution in [0.25, 0.3) is 0 Å². The highest BCUT2D eigenvalue weighted by atomic mass is 32.2. The lowest BCUT2D eigenvalue weighted by molar-refractivity contribution is -0.118. The van der Waals surface area contributed by atoms with Crippen molar-refractivity contribution in [3.8, 4) is 0 Å². The van der Waals surface area contributed by atoms with Gasteiger partial charge in [0.05, 0.1) is 0 Å². The van der Waals surface area contributed by atoms with Gasteiger partial charge in [0.15, 0.2) is 11.5 Å². The molecule has 0 spiro atoms. The maximum atomic E-state index is 11.9. The van der Waals surface area contributed by atoms with Crippen LogP contribution in [0.1, 0.15) is 19.3 Å². The summed E-state index contributed by atoms with van der Waals surface area (Å²) in [5.41, 5.74) is -5.51. The van der Waals surface area contributed by atoms with Gasteiger partial charge >= 0.3 is 15.6 Å². The van der Waals surface area contributed by atoms with Crippen LogP contribution in [0.5, 0.6) is 0 Å². The highest BCUT2D eigenvalue weighted by molar-refractivity contribution is 7.87. The fraction of sp³-hybridized carbons (Fsp3) is 0.571. The van der Waals surface area contributed by atoms with Gasteiger partial charge in [-0.2, -0.15) is 21.6 Å². The van der Waals surface area contributed by atoms with Gasteiger partial charge in [-0.15, -0.1) is 0 Å². The van der Waals surface area contributed by atoms with Crippen LogP contribution in [0.2, 0.25) is 0 Å². The first kappa shape index (κ1) is 12.0. The molecule has 1 aliphatic rings. The largest absolute Gasteiger partial charge is 0.534 e. The highest BCUT2D eigenvalue weighted by Gasteiger charge is 2.49. The van der Waals surface area contributed by atoms with E-state index in [-0.39, 0.29) is 6.42 Å². The average molecular weight is 244 g/mol. The molecule has 8 heteroatoms. The molecule has 0 aromatic heterocycles. The third kappa shape index (κ3) is 2.71. The zero-order valence-electron chi connectivity index (χ0n) is 7.37. The number of ketones is 1. The first-order chi connectivity index (χ1) is 6.74. The van der Waals surface area contributed by atoms with Gasteiger partial charge in [-0.05, 0) is 18.9 Å². The fourth-order valence-electron chi connectivity index (χ4n) is 0.979. The van der Waals surface area contributed by atoms with Crippen LogP contribution >= 0.6 is 0 Å². The average Bonchev–Trinajstić information content (AvgIpc) is 2.06. The van der Waals surface area contributed by atoms with Gasteiger partial charge in [-0.1, -0.05) is 0 Å². The summed E-state index contributed by atoms with van der Waals surface area (Å²) in [7, 11) is -5.72. The molecule has 86 valence electrons. The van der Waals surface area contributed by atoms with E-state index >= 15 is 0 Å². The van der Waals surface area contributed by atoms with Crippen molar-refractivity contribution < 1.29 is 30.6 Å². The molecule has 0 fully saturated rings. The summed E-state index contributed by atoms with van der Waals surface area (Å²) >= 11 is 0. The lowest BCUT2D eigenvalue weighted by Gasteiger charge is -2.13. The van der Waals surface area contributed by atoms with E-state index in [1.807, 2.05) is 0 Å². The van der Waals surface area contributed by atoms with Gasteiger partial charge in [0, 0.05) is 6.42 Å². The van der Waals surface area contributed by atoms with Crippen LogP contribution in [0.4, 0.5) is 13.2 Å². The summed E-state index contributed by atoms with van der Waals surface area (Å²) in [5.74, 6) is -1.47. The Kier molecular flexibility index (Phi) is 3.08. The minimum Gasteiger partial charge on any atom is -0.373 e. The lowest BCUT2D eigenvalue weighted by atomic mass is 10.1. The number of hydrogen-bond acceptors (Lipinski definition) is 4. The number of halogens is 3. The number of allylic oxidation sites excluding steroid dienone is 2. The Bertz CT molecular complexity index is 393. The number of rotatable bonds is 2. The fourth-order valence-corrected chi connectivity index (χ4v) is 1.47. The summed E-state index contributed by atoms with van der Waals surface area (Å²) in [6, 6.07) is 0. The van der Waals surface area contributed by atoms with Crippen LogP contribution in [-0.4, -0.2) is 19.7 Å². The summed E-state index contributed by atoms with van der Waals surface area (Å²) in [6.45, 7) is 0. The Morgan fingerprint density at radius 2 is 1.93 bits per heavy atom. The maximum Gasteiger partial charge on any atom is 0.534 e. The molecule has 1 aliphatic carbocycles. The van der Waals surface area contributed by atoms with Crippen molar-refractivity contribution in [1.82, 2.24) is 0 Å². The summed E-state index contributed by atoms with van der Waals surface area (Å²) in [6.07, 6.45) is 1.86. The molecule has 4 nitrogen and oxygen atoms in total. The molecule has 0 unspecified atom stereocenters. The van der Waals surface area contributed by atoms with E-state index in [1.165, 1.54) is 0 Å². The number of Topliss-reactive ketones (excluding diaryl/α,β-unsaturated/α-hetero) is 1. The molecule has 0 saturated heterocycles. The van der Waals surface area contributed by atoms with Crippen LogP contribution in [0, 0.1) is 0 Å². The van der Waals surface area contributed by atoms with E-state index in [4.69, 9.17) is 0 Å². The molecule has 0 aromatic carbocycles. The first-order valence-corrected chi connectivity index (χ1v) is 5.39. The van der Waals surface area contributed by atoms with E-state index in [1.54, 1.807) is 0 Å². The highest BCUT2D eigenvalue weighted by Crippen LogP contribution is 2.28. The van der Waals surface area contributed by atoms with Crippen molar-refractivity contribution in [2.24, 2.45) is 0 Å². The molecule has 0 aliphatic heterocycles. The minimum absolute atomic E-state index is 0.000783. The molecule has 0 saturated carbocycles. The van der Waals surface area contributed by atoms with Gasteiger partial charge in [0.1, 0.15) is 0 Å². The van der Waals surface area contributed by atoms with E-state index < -0.39 is 27.2 Å². The van der Waals surface area contributed by atoms with Crippen molar-refractivity contribution in [3.05, 3.63) is 11.8 Å². The lowest BCUT2D eigenvalue weighted by Crippen LogP contribution is -2.27. The summed E-state index contributed by atoms with van der Waals surface area (Å²) < 4.78 is 60.4. The van der Waals surface area contributed by atoms with Crippen molar-refractivity contribution >= 4 is 15.9 Å².